The first-order valence-corrected chi connectivity index (χ1v) is 16.4. The summed E-state index contributed by atoms with van der Waals surface area (Å²) in [5.41, 5.74) is 4.65. The number of H-pyrrole nitrogens is 1. The fourth-order valence-corrected chi connectivity index (χ4v) is 8.57. The Balaban J connectivity index is 1.88. The molecule has 3 heterocycles. The highest BCUT2D eigenvalue weighted by molar-refractivity contribution is 7.70. The smallest absolute Gasteiger partial charge is 0.340 e. The van der Waals surface area contributed by atoms with Crippen molar-refractivity contribution in [3.63, 3.8) is 0 Å². The van der Waals surface area contributed by atoms with Gasteiger partial charge in [-0.05, 0) is 0 Å². The van der Waals surface area contributed by atoms with Crippen molar-refractivity contribution in [1.29, 1.82) is 0 Å². The second-order valence-corrected chi connectivity index (χ2v) is 15.4. The normalized spacial score (nSPS) is 24.9. The lowest BCUT2D eigenvalue weighted by Gasteiger charge is -2.23. The molecule has 0 aromatic carbocycles. The van der Waals surface area contributed by atoms with Gasteiger partial charge in [0.15, 0.2) is 23.0 Å². The van der Waals surface area contributed by atoms with Gasteiger partial charge in [-0.3, -0.25) is 32.6 Å². The van der Waals surface area contributed by atoms with Crippen molar-refractivity contribution < 1.29 is 61.4 Å². The van der Waals surface area contributed by atoms with Gasteiger partial charge >= 0.3 is 30.4 Å². The van der Waals surface area contributed by atoms with Crippen molar-refractivity contribution >= 4 is 47.5 Å². The number of hydrogen-bond donors (Lipinski definition) is 8. The van der Waals surface area contributed by atoms with Crippen LogP contribution in [0.5, 0.6) is 0 Å². The van der Waals surface area contributed by atoms with E-state index >= 15 is 0 Å². The van der Waals surface area contributed by atoms with E-state index in [1.54, 1.807) is 0 Å². The molecule has 0 amide bonds. The summed E-state index contributed by atoms with van der Waals surface area (Å²) in [4.78, 5) is 77.5. The maximum absolute atomic E-state index is 12.3. The van der Waals surface area contributed by atoms with Crippen LogP contribution in [0.25, 0.3) is 11.2 Å². The predicted octanol–water partition coefficient (Wildman–Crippen LogP) is -0.968. The van der Waals surface area contributed by atoms with Crippen LogP contribution in [0, 0.1) is 0 Å². The Morgan fingerprint density at radius 2 is 1.69 bits per heavy atom. The molecular weight excluding hydrogens is 562 g/mol. The molecule has 1 fully saturated rings. The summed E-state index contributed by atoms with van der Waals surface area (Å²) in [6.45, 7) is -0.881. The second-order valence-electron chi connectivity index (χ2n) is 7.47. The SMILES string of the molecule is Nc1nc2c(ncn2[C@H]2C[C@H](OP(=O)(O)CP(=O)(O)O)[C@@H](COP(=O)(O)CP(=O)(O)O)O2)c(=O)[nH]1. The molecule has 2 unspecified atom stereocenters. The van der Waals surface area contributed by atoms with Crippen LogP contribution in [0.4, 0.5) is 5.95 Å². The first-order chi connectivity index (χ1) is 15.8. The van der Waals surface area contributed by atoms with E-state index in [2.05, 4.69) is 15.0 Å². The zero-order valence-corrected chi connectivity index (χ0v) is 20.9. The molecule has 2 aromatic heterocycles. The molecule has 2 aromatic rings. The van der Waals surface area contributed by atoms with Gasteiger partial charge in [-0.2, -0.15) is 4.98 Å². The third-order valence-corrected chi connectivity index (χ3v) is 11.4. The minimum Gasteiger partial charge on any atom is -0.369 e. The van der Waals surface area contributed by atoms with Gasteiger partial charge in [-0.15, -0.1) is 0 Å². The summed E-state index contributed by atoms with van der Waals surface area (Å²) in [5.74, 6) is -3.32. The summed E-state index contributed by atoms with van der Waals surface area (Å²) in [5, 5.41) is 0. The van der Waals surface area contributed by atoms with Gasteiger partial charge in [0.1, 0.15) is 12.3 Å². The van der Waals surface area contributed by atoms with E-state index in [-0.39, 0.29) is 23.5 Å². The van der Waals surface area contributed by atoms with E-state index in [1.165, 1.54) is 4.57 Å². The summed E-state index contributed by atoms with van der Waals surface area (Å²) in [7, 11) is -19.7. The molecular formula is C12H21N5O14P4. The summed E-state index contributed by atoms with van der Waals surface area (Å²) in [6.07, 6.45) is -3.29. The van der Waals surface area contributed by atoms with E-state index in [0.29, 0.717) is 0 Å². The quantitative estimate of drug-likeness (QED) is 0.156. The third-order valence-electron chi connectivity index (χ3n) is 4.41. The van der Waals surface area contributed by atoms with Gasteiger partial charge in [0.2, 0.25) is 5.95 Å². The highest BCUT2D eigenvalue weighted by atomic mass is 31.2. The van der Waals surface area contributed by atoms with Crippen LogP contribution in [0.1, 0.15) is 12.6 Å². The van der Waals surface area contributed by atoms with Crippen molar-refractivity contribution in [2.24, 2.45) is 0 Å². The minimum absolute atomic E-state index is 0.0618. The van der Waals surface area contributed by atoms with Gasteiger partial charge in [0.05, 0.1) is 19.0 Å². The molecule has 1 aliphatic heterocycles. The monoisotopic (exact) mass is 583 g/mol. The lowest BCUT2D eigenvalue weighted by atomic mass is 10.2. The van der Waals surface area contributed by atoms with Gasteiger partial charge in [-0.25, -0.2) is 4.98 Å². The number of nitrogens with zero attached hydrogens (tertiary/aromatic N) is 3. The number of aromatic amines is 1. The largest absolute Gasteiger partial charge is 0.369 e. The van der Waals surface area contributed by atoms with Crippen molar-refractivity contribution in [1.82, 2.24) is 19.5 Å². The van der Waals surface area contributed by atoms with Crippen LogP contribution in [-0.2, 0) is 32.0 Å². The van der Waals surface area contributed by atoms with Crippen LogP contribution in [0.3, 0.4) is 0 Å². The average Bonchev–Trinajstić information content (AvgIpc) is 3.19. The first-order valence-electron chi connectivity index (χ1n) is 9.28. The Morgan fingerprint density at radius 1 is 1.09 bits per heavy atom. The Labute approximate surface area is 194 Å². The standard InChI is InChI=1S/C12H21N5O14P4/c13-12-15-10-9(11(18)16-12)14-3-17(10)8-1-6(31-35(27,28)5-33(22,23)24)7(30-8)2-29-34(25,26)4-32(19,20)21/h3,6-8H,1-2,4-5H2,(H,25,26)(H,27,28)(H2,19,20,21)(H2,22,23,24)(H3,13,15,16,18)/t6-,7+,8+/m0/s1. The lowest BCUT2D eigenvalue weighted by molar-refractivity contribution is -0.0366. The zero-order valence-electron chi connectivity index (χ0n) is 17.3. The first kappa shape index (κ1) is 28.3. The summed E-state index contributed by atoms with van der Waals surface area (Å²) < 4.78 is 63.0. The number of ether oxygens (including phenoxy) is 1. The average molecular weight is 583 g/mol. The van der Waals surface area contributed by atoms with Crippen molar-refractivity contribution in [3.8, 4) is 0 Å². The fraction of sp³-hybridized carbons (Fsp3) is 0.583. The molecule has 0 aliphatic carbocycles. The molecule has 5 atom stereocenters. The number of hydrogen-bond acceptors (Lipinski definition) is 11. The molecule has 1 saturated heterocycles. The number of rotatable bonds is 10. The molecule has 19 nitrogen and oxygen atoms in total. The number of nitrogen functional groups attached to an aromatic ring is 1. The number of anilines is 1. The zero-order chi connectivity index (χ0) is 26.4. The maximum atomic E-state index is 12.3. The molecule has 3 rings (SSSR count). The second kappa shape index (κ2) is 9.88. The lowest BCUT2D eigenvalue weighted by Crippen LogP contribution is -2.28. The van der Waals surface area contributed by atoms with Crippen molar-refractivity contribution in [2.45, 2.75) is 24.9 Å². The van der Waals surface area contributed by atoms with Crippen LogP contribution in [0.2, 0.25) is 0 Å². The summed E-state index contributed by atoms with van der Waals surface area (Å²) in [6, 6.07) is 0. The van der Waals surface area contributed by atoms with Gasteiger partial charge in [-0.1, -0.05) is 0 Å². The van der Waals surface area contributed by atoms with Crippen LogP contribution in [-0.4, -0.2) is 79.5 Å². The topological polar surface area (TPSA) is 307 Å². The Bertz CT molecular complexity index is 1350. The molecule has 1 aliphatic rings. The Morgan fingerprint density at radius 3 is 2.29 bits per heavy atom. The van der Waals surface area contributed by atoms with E-state index in [4.69, 9.17) is 39.1 Å². The van der Waals surface area contributed by atoms with E-state index < -0.39 is 72.8 Å². The Kier molecular flexibility index (Phi) is 7.98. The fourth-order valence-electron chi connectivity index (χ4n) is 3.23. The molecule has 0 radical (unpaired) electrons. The van der Waals surface area contributed by atoms with Crippen LogP contribution in [0.15, 0.2) is 11.1 Å². The van der Waals surface area contributed by atoms with E-state index in [1.807, 2.05) is 0 Å². The van der Waals surface area contributed by atoms with E-state index in [0.717, 1.165) is 6.33 Å². The van der Waals surface area contributed by atoms with Gasteiger partial charge in [0, 0.05) is 6.42 Å². The molecule has 0 saturated carbocycles. The minimum atomic E-state index is -4.99. The molecule has 198 valence electrons. The third kappa shape index (κ3) is 7.84. The number of fused-ring (bicyclic) bond motifs is 1. The van der Waals surface area contributed by atoms with Crippen LogP contribution >= 0.6 is 30.4 Å². The van der Waals surface area contributed by atoms with Crippen LogP contribution < -0.4 is 11.3 Å². The number of imidazole rings is 1. The molecule has 35 heavy (non-hydrogen) atoms. The summed E-state index contributed by atoms with van der Waals surface area (Å²) >= 11 is 0. The van der Waals surface area contributed by atoms with E-state index in [9.17, 15) is 32.8 Å². The predicted molar refractivity (Wildman–Crippen MR) is 115 cm³/mol. The molecule has 0 spiro atoms. The molecule has 9 N–H and O–H groups in total. The van der Waals surface area contributed by atoms with Gasteiger partial charge < -0.3 is 48.9 Å². The highest BCUT2D eigenvalue weighted by Gasteiger charge is 2.44. The number of nitrogens with two attached hydrogens (primary N) is 1. The maximum Gasteiger partial charge on any atom is 0.340 e. The number of nitrogens with one attached hydrogen (secondary N) is 1. The van der Waals surface area contributed by atoms with Gasteiger partial charge in [0.25, 0.3) is 5.56 Å². The van der Waals surface area contributed by atoms with Crippen molar-refractivity contribution in [3.05, 3.63) is 16.7 Å². The molecule has 0 bridgehead atoms. The molecule has 23 heteroatoms. The highest BCUT2D eigenvalue weighted by Crippen LogP contribution is 2.58. The number of aromatic nitrogens is 4. The van der Waals surface area contributed by atoms with Crippen molar-refractivity contribution in [2.75, 3.05) is 24.1 Å². The Hall–Kier alpha value is -1.29.